The van der Waals surface area contributed by atoms with Gasteiger partial charge in [0.25, 0.3) is 0 Å². The number of nitrogens with one attached hydrogen (secondary N) is 3. The zero-order chi connectivity index (χ0) is 29.4. The summed E-state index contributed by atoms with van der Waals surface area (Å²) in [5, 5.41) is 25.7. The van der Waals surface area contributed by atoms with E-state index in [1.165, 1.54) is 0 Å². The summed E-state index contributed by atoms with van der Waals surface area (Å²) in [6, 6.07) is -5.07. The van der Waals surface area contributed by atoms with E-state index in [-0.39, 0.29) is 44.6 Å². The Hall–Kier alpha value is -3.95. The van der Waals surface area contributed by atoms with Crippen LogP contribution in [0, 0.1) is 5.92 Å². The van der Waals surface area contributed by atoms with E-state index in [4.69, 9.17) is 28.0 Å². The van der Waals surface area contributed by atoms with Gasteiger partial charge in [0.2, 0.25) is 23.6 Å². The van der Waals surface area contributed by atoms with Gasteiger partial charge in [-0.1, -0.05) is 20.3 Å². The Balaban J connectivity index is 5.73. The molecule has 0 spiro atoms. The molecule has 16 nitrogen and oxygen atoms in total. The van der Waals surface area contributed by atoms with Crippen molar-refractivity contribution in [1.29, 1.82) is 0 Å². The third kappa shape index (κ3) is 14.0. The van der Waals surface area contributed by atoms with Crippen molar-refractivity contribution >= 4 is 41.5 Å². The molecule has 13 N–H and O–H groups in total. The lowest BCUT2D eigenvalue weighted by Gasteiger charge is -2.26. The summed E-state index contributed by atoms with van der Waals surface area (Å²) in [5.74, 6) is -6.31. The maximum Gasteiger partial charge on any atom is 0.326 e. The number of carbonyl (C=O) groups excluding carboxylic acids is 4. The number of nitrogens with two attached hydrogens (primary N) is 4. The Morgan fingerprint density at radius 2 is 1.37 bits per heavy atom. The number of amides is 4. The molecule has 0 aromatic carbocycles. The van der Waals surface area contributed by atoms with Gasteiger partial charge in [-0.2, -0.15) is 0 Å². The average molecular weight is 545 g/mol. The fourth-order valence-electron chi connectivity index (χ4n) is 3.23. The highest BCUT2D eigenvalue weighted by molar-refractivity contribution is 5.94. The van der Waals surface area contributed by atoms with Gasteiger partial charge in [-0.25, -0.2) is 4.79 Å². The van der Waals surface area contributed by atoms with E-state index in [2.05, 4.69) is 20.9 Å². The van der Waals surface area contributed by atoms with Gasteiger partial charge in [-0.15, -0.1) is 0 Å². The summed E-state index contributed by atoms with van der Waals surface area (Å²) >= 11 is 0. The predicted octanol–water partition coefficient (Wildman–Crippen LogP) is -2.92. The van der Waals surface area contributed by atoms with Gasteiger partial charge in [0.05, 0.1) is 6.04 Å². The molecule has 0 aromatic heterocycles. The summed E-state index contributed by atoms with van der Waals surface area (Å²) in [7, 11) is 0. The van der Waals surface area contributed by atoms with Crippen LogP contribution >= 0.6 is 0 Å². The third-order valence-corrected chi connectivity index (χ3v) is 5.67. The largest absolute Gasteiger partial charge is 0.481 e. The number of hydrogen-bond acceptors (Lipinski definition) is 8. The molecule has 0 aromatic rings. The van der Waals surface area contributed by atoms with Crippen molar-refractivity contribution < 1.29 is 39.0 Å². The minimum Gasteiger partial charge on any atom is -0.481 e. The number of carboxylic acids is 2. The van der Waals surface area contributed by atoms with Crippen molar-refractivity contribution in [3.05, 3.63) is 0 Å². The van der Waals surface area contributed by atoms with Crippen molar-refractivity contribution in [2.75, 3.05) is 6.54 Å². The lowest BCUT2D eigenvalue weighted by Crippen LogP contribution is -2.57. The molecular formula is C22H40N8O8. The maximum absolute atomic E-state index is 13.1. The molecule has 5 unspecified atom stereocenters. The van der Waals surface area contributed by atoms with Crippen LogP contribution in [0.1, 0.15) is 58.8 Å². The zero-order valence-electron chi connectivity index (χ0n) is 21.6. The number of guanidine groups is 1. The number of aliphatic carboxylic acids is 2. The summed E-state index contributed by atoms with van der Waals surface area (Å²) in [6.45, 7) is 3.47. The molecule has 0 bridgehead atoms. The van der Waals surface area contributed by atoms with E-state index >= 15 is 0 Å². The van der Waals surface area contributed by atoms with E-state index in [1.54, 1.807) is 13.8 Å². The monoisotopic (exact) mass is 544 g/mol. The normalized spacial score (nSPS) is 14.6. The van der Waals surface area contributed by atoms with E-state index in [0.717, 1.165) is 0 Å². The molecule has 0 radical (unpaired) electrons. The first-order chi connectivity index (χ1) is 17.7. The highest BCUT2D eigenvalue weighted by atomic mass is 16.4. The predicted molar refractivity (Wildman–Crippen MR) is 136 cm³/mol. The van der Waals surface area contributed by atoms with Crippen LogP contribution in [0.15, 0.2) is 4.99 Å². The Morgan fingerprint density at radius 3 is 1.87 bits per heavy atom. The fraction of sp³-hybridized carbons (Fsp3) is 0.682. The van der Waals surface area contributed by atoms with Crippen molar-refractivity contribution in [3.8, 4) is 0 Å². The van der Waals surface area contributed by atoms with Crippen LogP contribution in [-0.2, 0) is 28.8 Å². The van der Waals surface area contributed by atoms with E-state index in [9.17, 15) is 33.9 Å². The van der Waals surface area contributed by atoms with Gasteiger partial charge in [-0.05, 0) is 31.6 Å². The number of primary amides is 1. The van der Waals surface area contributed by atoms with Gasteiger partial charge >= 0.3 is 11.9 Å². The topological polar surface area (TPSA) is 295 Å². The number of aliphatic imine (C=N–C) groups is 1. The minimum atomic E-state index is -1.41. The maximum atomic E-state index is 13.1. The van der Waals surface area contributed by atoms with E-state index in [1.807, 2.05) is 0 Å². The lowest BCUT2D eigenvalue weighted by molar-refractivity contribution is -0.144. The molecule has 16 heteroatoms. The average Bonchev–Trinajstić information content (AvgIpc) is 2.83. The number of carbonyl (C=O) groups is 6. The van der Waals surface area contributed by atoms with Crippen LogP contribution in [0.5, 0.6) is 0 Å². The van der Waals surface area contributed by atoms with Gasteiger partial charge in [0.15, 0.2) is 5.96 Å². The standard InChI is InChI=1S/C22H40N8O8/c1-3-11(2)17(21(37)38)30-20(36)14(7-9-16(32)33)29-19(35)13(5-4-10-27-22(25)26)28-18(34)12(23)6-8-15(24)31/h11-14,17H,3-10,23H2,1-2H3,(H2,24,31)(H,28,34)(H,29,35)(H,30,36)(H,32,33)(H,37,38)(H4,25,26,27). The van der Waals surface area contributed by atoms with Crippen molar-refractivity contribution in [1.82, 2.24) is 16.0 Å². The van der Waals surface area contributed by atoms with Crippen molar-refractivity contribution in [2.24, 2.45) is 33.8 Å². The molecule has 0 aliphatic heterocycles. The van der Waals surface area contributed by atoms with Gasteiger partial charge in [0, 0.05) is 19.4 Å². The van der Waals surface area contributed by atoms with Gasteiger partial charge in [0.1, 0.15) is 18.1 Å². The minimum absolute atomic E-state index is 0.00871. The van der Waals surface area contributed by atoms with Gasteiger partial charge < -0.3 is 49.1 Å². The molecule has 0 fully saturated rings. The fourth-order valence-corrected chi connectivity index (χ4v) is 3.23. The van der Waals surface area contributed by atoms with E-state index < -0.39 is 72.1 Å². The molecular weight excluding hydrogens is 504 g/mol. The number of nitrogens with zero attached hydrogens (tertiary/aromatic N) is 1. The molecule has 38 heavy (non-hydrogen) atoms. The van der Waals surface area contributed by atoms with E-state index in [0.29, 0.717) is 6.42 Å². The Kier molecular flexibility index (Phi) is 15.7. The van der Waals surface area contributed by atoms with Crippen LogP contribution in [-0.4, -0.2) is 82.5 Å². The Labute approximate surface area is 220 Å². The first-order valence-electron chi connectivity index (χ1n) is 12.1. The smallest absolute Gasteiger partial charge is 0.326 e. The molecule has 0 aliphatic carbocycles. The first kappa shape index (κ1) is 34.0. The highest BCUT2D eigenvalue weighted by Gasteiger charge is 2.32. The van der Waals surface area contributed by atoms with Crippen LogP contribution in [0.25, 0.3) is 0 Å². The molecule has 0 saturated heterocycles. The molecule has 0 saturated carbocycles. The van der Waals surface area contributed by atoms with Crippen LogP contribution < -0.4 is 38.9 Å². The first-order valence-corrected chi connectivity index (χ1v) is 12.1. The van der Waals surface area contributed by atoms with Crippen LogP contribution in [0.2, 0.25) is 0 Å². The molecule has 0 aliphatic rings. The SMILES string of the molecule is CCC(C)C(NC(=O)C(CCC(=O)O)NC(=O)C(CCCN=C(N)N)NC(=O)C(N)CCC(N)=O)C(=O)O. The van der Waals surface area contributed by atoms with Crippen LogP contribution in [0.3, 0.4) is 0 Å². The quantitative estimate of drug-likeness (QED) is 0.0450. The number of rotatable bonds is 19. The van der Waals surface area contributed by atoms with Crippen LogP contribution in [0.4, 0.5) is 0 Å². The third-order valence-electron chi connectivity index (χ3n) is 5.67. The van der Waals surface area contributed by atoms with Crippen molar-refractivity contribution in [2.45, 2.75) is 83.0 Å². The second kappa shape index (κ2) is 17.5. The second-order valence-corrected chi connectivity index (χ2v) is 8.83. The Bertz CT molecular complexity index is 877. The second-order valence-electron chi connectivity index (χ2n) is 8.83. The lowest BCUT2D eigenvalue weighted by atomic mass is 9.98. The molecule has 5 atom stereocenters. The molecule has 4 amide bonds. The zero-order valence-corrected chi connectivity index (χ0v) is 21.6. The molecule has 0 rings (SSSR count). The Morgan fingerprint density at radius 1 is 0.816 bits per heavy atom. The summed E-state index contributed by atoms with van der Waals surface area (Å²) in [6.07, 6.45) is -0.398. The highest BCUT2D eigenvalue weighted by Crippen LogP contribution is 2.10. The number of hydrogen-bond donors (Lipinski definition) is 9. The van der Waals surface area contributed by atoms with Gasteiger partial charge in [-0.3, -0.25) is 29.0 Å². The molecule has 216 valence electrons. The van der Waals surface area contributed by atoms with Crippen molar-refractivity contribution in [3.63, 3.8) is 0 Å². The summed E-state index contributed by atoms with van der Waals surface area (Å²) in [5.41, 5.74) is 21.4. The number of carboxylic acid groups (broad SMARTS) is 2. The summed E-state index contributed by atoms with van der Waals surface area (Å²) in [4.78, 5) is 76.0. The summed E-state index contributed by atoms with van der Waals surface area (Å²) < 4.78 is 0. The molecule has 0 heterocycles.